The highest BCUT2D eigenvalue weighted by atomic mass is 16.4. The number of rotatable bonds is 3. The number of hydrogen-bond acceptors (Lipinski definition) is 7. The van der Waals surface area contributed by atoms with Crippen LogP contribution in [-0.4, -0.2) is 61.3 Å². The Morgan fingerprint density at radius 3 is 2.46 bits per heavy atom. The van der Waals surface area contributed by atoms with E-state index in [4.69, 9.17) is 4.42 Å². The van der Waals surface area contributed by atoms with Crippen molar-refractivity contribution in [2.24, 2.45) is 0 Å². The molecule has 2 aromatic heterocycles. The number of piperazine rings is 1. The van der Waals surface area contributed by atoms with E-state index in [-0.39, 0.29) is 11.5 Å². The Kier molecular flexibility index (Phi) is 4.68. The van der Waals surface area contributed by atoms with Gasteiger partial charge in [0.25, 0.3) is 5.91 Å². The monoisotopic (exact) mass is 379 g/mol. The van der Waals surface area contributed by atoms with Gasteiger partial charge in [-0.2, -0.15) is 0 Å². The zero-order valence-corrected chi connectivity index (χ0v) is 15.8. The van der Waals surface area contributed by atoms with Gasteiger partial charge in [-0.05, 0) is 24.3 Å². The summed E-state index contributed by atoms with van der Waals surface area (Å²) < 4.78 is 5.29. The predicted octanol–water partition coefficient (Wildman–Crippen LogP) is 1.61. The van der Waals surface area contributed by atoms with Crippen molar-refractivity contribution >= 4 is 28.5 Å². The molecule has 0 saturated carbocycles. The first-order valence-electron chi connectivity index (χ1n) is 9.11. The van der Waals surface area contributed by atoms with Crippen LogP contribution in [0.5, 0.6) is 0 Å². The van der Waals surface area contributed by atoms with Gasteiger partial charge < -0.3 is 19.1 Å². The van der Waals surface area contributed by atoms with Gasteiger partial charge in [-0.1, -0.05) is 18.2 Å². The highest BCUT2D eigenvalue weighted by Crippen LogP contribution is 2.17. The van der Waals surface area contributed by atoms with Crippen molar-refractivity contribution in [3.05, 3.63) is 58.4 Å². The fourth-order valence-corrected chi connectivity index (χ4v) is 3.25. The molecular weight excluding hydrogens is 358 g/mol. The minimum Gasteiger partial charge on any atom is -0.422 e. The van der Waals surface area contributed by atoms with Crippen molar-refractivity contribution in [1.82, 2.24) is 15.1 Å². The second-order valence-electron chi connectivity index (χ2n) is 6.91. The molecule has 1 fully saturated rings. The van der Waals surface area contributed by atoms with Crippen LogP contribution in [0.15, 0.2) is 51.7 Å². The summed E-state index contributed by atoms with van der Waals surface area (Å²) in [5.74, 6) is 1.27. The highest BCUT2D eigenvalue weighted by molar-refractivity contribution is 5.96. The average molecular weight is 379 g/mol. The van der Waals surface area contributed by atoms with Crippen LogP contribution in [0.2, 0.25) is 0 Å². The van der Waals surface area contributed by atoms with Gasteiger partial charge in [0.1, 0.15) is 11.1 Å². The molecule has 0 bridgehead atoms. The van der Waals surface area contributed by atoms with Crippen molar-refractivity contribution in [2.75, 3.05) is 50.1 Å². The molecule has 1 aromatic carbocycles. The van der Waals surface area contributed by atoms with Crippen molar-refractivity contribution in [3.63, 3.8) is 0 Å². The molecule has 0 radical (unpaired) electrons. The van der Waals surface area contributed by atoms with Crippen LogP contribution in [0.1, 0.15) is 10.4 Å². The number of fused-ring (bicyclic) bond motifs is 1. The Bertz CT molecular complexity index is 1050. The molecule has 0 unspecified atom stereocenters. The Hall–Kier alpha value is -3.42. The zero-order valence-electron chi connectivity index (χ0n) is 15.8. The lowest BCUT2D eigenvalue weighted by Gasteiger charge is -2.35. The Morgan fingerprint density at radius 2 is 1.79 bits per heavy atom. The summed E-state index contributed by atoms with van der Waals surface area (Å²) in [4.78, 5) is 30.7. The van der Waals surface area contributed by atoms with Gasteiger partial charge in [-0.15, -0.1) is 10.2 Å². The van der Waals surface area contributed by atoms with E-state index < -0.39 is 5.63 Å². The van der Waals surface area contributed by atoms with Crippen LogP contribution >= 0.6 is 0 Å². The molecule has 4 rings (SSSR count). The van der Waals surface area contributed by atoms with E-state index in [1.54, 1.807) is 23.1 Å². The lowest BCUT2D eigenvalue weighted by Crippen LogP contribution is -2.49. The molecule has 1 amide bonds. The minimum absolute atomic E-state index is 0.0716. The second-order valence-corrected chi connectivity index (χ2v) is 6.91. The Balaban J connectivity index is 1.47. The quantitative estimate of drug-likeness (QED) is 0.640. The van der Waals surface area contributed by atoms with Gasteiger partial charge in [0.2, 0.25) is 0 Å². The van der Waals surface area contributed by atoms with Crippen LogP contribution in [0.25, 0.3) is 11.0 Å². The number of anilines is 2. The molecule has 1 saturated heterocycles. The lowest BCUT2D eigenvalue weighted by molar-refractivity contribution is 0.0742. The zero-order chi connectivity index (χ0) is 19.7. The third-order valence-corrected chi connectivity index (χ3v) is 4.86. The molecular formula is C20H21N5O3. The fraction of sp³-hybridized carbons (Fsp3) is 0.300. The standard InChI is InChI=1S/C20H21N5O3/c1-23(2)17-7-8-18(22-21-17)24-9-11-25(12-10-24)19(26)15-13-14-5-3-4-6-16(14)28-20(15)27/h3-8,13H,9-12H2,1-2H3. The topological polar surface area (TPSA) is 82.8 Å². The van der Waals surface area contributed by atoms with E-state index >= 15 is 0 Å². The lowest BCUT2D eigenvalue weighted by atomic mass is 10.1. The molecule has 0 spiro atoms. The summed E-state index contributed by atoms with van der Waals surface area (Å²) >= 11 is 0. The van der Waals surface area contributed by atoms with Crippen molar-refractivity contribution in [1.29, 1.82) is 0 Å². The first-order chi connectivity index (χ1) is 13.5. The normalized spacial score (nSPS) is 14.4. The molecule has 144 valence electrons. The molecule has 3 heterocycles. The number of carbonyl (C=O) groups excluding carboxylic acids is 1. The maximum Gasteiger partial charge on any atom is 0.349 e. The first kappa shape index (κ1) is 18.0. The maximum absolute atomic E-state index is 12.8. The number of hydrogen-bond donors (Lipinski definition) is 0. The third kappa shape index (κ3) is 3.40. The third-order valence-electron chi connectivity index (χ3n) is 4.86. The smallest absolute Gasteiger partial charge is 0.349 e. The summed E-state index contributed by atoms with van der Waals surface area (Å²) in [5, 5.41) is 9.20. The van der Waals surface area contributed by atoms with Gasteiger partial charge in [-0.25, -0.2) is 4.79 Å². The van der Waals surface area contributed by atoms with E-state index in [1.165, 1.54) is 0 Å². The van der Waals surface area contributed by atoms with Crippen LogP contribution < -0.4 is 15.4 Å². The molecule has 1 aliphatic rings. The van der Waals surface area contributed by atoms with E-state index in [2.05, 4.69) is 15.1 Å². The summed E-state index contributed by atoms with van der Waals surface area (Å²) in [5.41, 5.74) is -0.0489. The number of para-hydroxylation sites is 1. The van der Waals surface area contributed by atoms with Crippen LogP contribution in [-0.2, 0) is 0 Å². The Morgan fingerprint density at radius 1 is 1.04 bits per heavy atom. The minimum atomic E-state index is -0.601. The van der Waals surface area contributed by atoms with Crippen LogP contribution in [0.4, 0.5) is 11.6 Å². The molecule has 0 aliphatic carbocycles. The number of nitrogens with zero attached hydrogens (tertiary/aromatic N) is 5. The molecule has 3 aromatic rings. The number of aromatic nitrogens is 2. The van der Waals surface area contributed by atoms with Crippen LogP contribution in [0.3, 0.4) is 0 Å². The molecule has 1 aliphatic heterocycles. The highest BCUT2D eigenvalue weighted by Gasteiger charge is 2.25. The fourth-order valence-electron chi connectivity index (χ4n) is 3.25. The number of benzene rings is 1. The number of amides is 1. The maximum atomic E-state index is 12.8. The van der Waals surface area contributed by atoms with Crippen LogP contribution in [0, 0.1) is 0 Å². The van der Waals surface area contributed by atoms with Crippen molar-refractivity contribution in [3.8, 4) is 0 Å². The second kappa shape index (κ2) is 7.30. The van der Waals surface area contributed by atoms with Gasteiger partial charge in [-0.3, -0.25) is 4.79 Å². The SMILES string of the molecule is CN(C)c1ccc(N2CCN(C(=O)c3cc4ccccc4oc3=O)CC2)nn1. The largest absolute Gasteiger partial charge is 0.422 e. The molecule has 8 heteroatoms. The summed E-state index contributed by atoms with van der Waals surface area (Å²) in [6.07, 6.45) is 0. The Labute approximate surface area is 162 Å². The molecule has 0 N–H and O–H groups in total. The van der Waals surface area contributed by atoms with Gasteiger partial charge in [0.05, 0.1) is 0 Å². The molecule has 8 nitrogen and oxygen atoms in total. The van der Waals surface area contributed by atoms with E-state index in [0.29, 0.717) is 31.8 Å². The predicted molar refractivity (Wildman–Crippen MR) is 107 cm³/mol. The van der Waals surface area contributed by atoms with Gasteiger partial charge in [0.15, 0.2) is 11.6 Å². The number of carbonyl (C=O) groups is 1. The van der Waals surface area contributed by atoms with Gasteiger partial charge >= 0.3 is 5.63 Å². The first-order valence-corrected chi connectivity index (χ1v) is 9.11. The summed E-state index contributed by atoms with van der Waals surface area (Å²) in [6.45, 7) is 2.26. The molecule has 28 heavy (non-hydrogen) atoms. The van der Waals surface area contributed by atoms with E-state index in [9.17, 15) is 9.59 Å². The van der Waals surface area contributed by atoms with E-state index in [0.717, 1.165) is 17.0 Å². The average Bonchev–Trinajstić information content (AvgIpc) is 2.73. The van der Waals surface area contributed by atoms with Gasteiger partial charge in [0, 0.05) is 45.7 Å². The van der Waals surface area contributed by atoms with Crippen molar-refractivity contribution < 1.29 is 9.21 Å². The summed E-state index contributed by atoms with van der Waals surface area (Å²) in [6, 6.07) is 12.6. The molecule has 0 atom stereocenters. The summed E-state index contributed by atoms with van der Waals surface area (Å²) in [7, 11) is 3.83. The van der Waals surface area contributed by atoms with Crippen molar-refractivity contribution in [2.45, 2.75) is 0 Å². The van der Waals surface area contributed by atoms with E-state index in [1.807, 2.05) is 43.3 Å².